The summed E-state index contributed by atoms with van der Waals surface area (Å²) in [5.41, 5.74) is 0.421. The van der Waals surface area contributed by atoms with Crippen LogP contribution in [0.15, 0.2) is 10.6 Å². The molecule has 0 bridgehead atoms. The van der Waals surface area contributed by atoms with Crippen LogP contribution in [0.25, 0.3) is 0 Å². The van der Waals surface area contributed by atoms with Gasteiger partial charge in [0.1, 0.15) is 17.1 Å². The van der Waals surface area contributed by atoms with E-state index in [-0.39, 0.29) is 11.6 Å². The number of rotatable bonds is 7. The van der Waals surface area contributed by atoms with Crippen molar-refractivity contribution in [2.75, 3.05) is 25.4 Å². The van der Waals surface area contributed by atoms with E-state index in [4.69, 9.17) is 0 Å². The number of likely N-dealkylation sites (tertiary alicyclic amines) is 1. The Kier molecular flexibility index (Phi) is 6.07. The minimum atomic E-state index is -1.13. The maximum Gasteiger partial charge on any atom is 0.352 e. The predicted molar refractivity (Wildman–Crippen MR) is 101 cm³/mol. The molecule has 2 saturated heterocycles. The van der Waals surface area contributed by atoms with Gasteiger partial charge in [0.15, 0.2) is 0 Å². The second-order valence-electron chi connectivity index (χ2n) is 6.98. The van der Waals surface area contributed by atoms with Gasteiger partial charge in [0.2, 0.25) is 0 Å². The highest BCUT2D eigenvalue weighted by atomic mass is 32.2. The summed E-state index contributed by atoms with van der Waals surface area (Å²) >= 11 is 3.41. The second-order valence-corrected chi connectivity index (χ2v) is 9.51. The van der Waals surface area contributed by atoms with Crippen LogP contribution in [0.2, 0.25) is 0 Å². The van der Waals surface area contributed by atoms with Gasteiger partial charge in [-0.1, -0.05) is 6.92 Å². The van der Waals surface area contributed by atoms with Gasteiger partial charge in [-0.15, -0.1) is 23.5 Å². The first-order valence-corrected chi connectivity index (χ1v) is 10.6. The highest BCUT2D eigenvalue weighted by Gasteiger charge is 2.45. The summed E-state index contributed by atoms with van der Waals surface area (Å²) < 4.78 is 0. The molecule has 3 aliphatic rings. The first-order chi connectivity index (χ1) is 12.3. The molecule has 1 unspecified atom stereocenters. The predicted octanol–water partition coefficient (Wildman–Crippen LogP) is 0.00950. The van der Waals surface area contributed by atoms with E-state index in [0.717, 1.165) is 25.4 Å². The number of carbonyl (C=O) groups is 2. The molecule has 0 radical (unpaired) electrons. The zero-order valence-electron chi connectivity index (χ0n) is 14.7. The maximum atomic E-state index is 11.7. The Balaban J connectivity index is 1.67. The molecule has 0 aromatic rings. The van der Waals surface area contributed by atoms with Crippen molar-refractivity contribution < 1.29 is 24.9 Å². The van der Waals surface area contributed by atoms with Gasteiger partial charge < -0.3 is 20.6 Å². The van der Waals surface area contributed by atoms with E-state index in [2.05, 4.69) is 15.5 Å². The number of hydrogen-bond acceptors (Lipinski definition) is 8. The first kappa shape index (κ1) is 19.8. The summed E-state index contributed by atoms with van der Waals surface area (Å²) in [5.74, 6) is -2.45. The lowest BCUT2D eigenvalue weighted by Gasteiger charge is -2.42. The molecule has 0 aromatic heterocycles. The fourth-order valence-corrected chi connectivity index (χ4v) is 6.30. The maximum absolute atomic E-state index is 11.7. The van der Waals surface area contributed by atoms with Crippen LogP contribution in [-0.4, -0.2) is 80.4 Å². The monoisotopic (exact) mass is 403 g/mol. The minimum absolute atomic E-state index is 0.0752. The normalized spacial score (nSPS) is 32.2. The topological polar surface area (TPSA) is 122 Å². The highest BCUT2D eigenvalue weighted by molar-refractivity contribution is 8.03. The van der Waals surface area contributed by atoms with E-state index in [9.17, 15) is 24.9 Å². The number of carboxylic acid groups (broad SMARTS) is 2. The van der Waals surface area contributed by atoms with Crippen molar-refractivity contribution >= 4 is 35.5 Å². The number of nitrogens with zero attached hydrogens (tertiary/aromatic N) is 1. The van der Waals surface area contributed by atoms with E-state index in [0.29, 0.717) is 15.7 Å². The van der Waals surface area contributed by atoms with Crippen LogP contribution >= 0.6 is 23.5 Å². The molecule has 2 fully saturated rings. The molecule has 0 amide bonds. The lowest BCUT2D eigenvalue weighted by Crippen LogP contribution is -2.56. The molecule has 0 aliphatic carbocycles. The molecule has 8 nitrogen and oxygen atoms in total. The molecule has 3 heterocycles. The smallest absolute Gasteiger partial charge is 0.352 e. The SMILES string of the molecule is C[C@@H](O)[C@@H](C(=O)O)[C@@H]1NC(C(=O)O)=C(SC2CN(C3NCCS3)C2)[C@@H]1C. The fourth-order valence-electron chi connectivity index (χ4n) is 3.71. The summed E-state index contributed by atoms with van der Waals surface area (Å²) in [6.07, 6.45) is -1.07. The number of aliphatic hydroxyl groups excluding tert-OH is 1. The Bertz CT molecular complexity index is 603. The Morgan fingerprint density at radius 2 is 2.04 bits per heavy atom. The molecular weight excluding hydrogens is 378 g/mol. The van der Waals surface area contributed by atoms with Crippen LogP contribution in [-0.2, 0) is 9.59 Å². The van der Waals surface area contributed by atoms with Crippen LogP contribution in [0.3, 0.4) is 0 Å². The molecule has 3 rings (SSSR count). The number of hydrogen-bond donors (Lipinski definition) is 5. The molecule has 26 heavy (non-hydrogen) atoms. The zero-order valence-corrected chi connectivity index (χ0v) is 16.3. The van der Waals surface area contributed by atoms with Gasteiger partial charge in [0.05, 0.1) is 6.10 Å². The average Bonchev–Trinajstić information content (AvgIpc) is 3.12. The fraction of sp³-hybridized carbons (Fsp3) is 0.750. The summed E-state index contributed by atoms with van der Waals surface area (Å²) in [7, 11) is 0. The number of aliphatic carboxylic acids is 2. The van der Waals surface area contributed by atoms with Crippen molar-refractivity contribution in [2.45, 2.75) is 36.7 Å². The van der Waals surface area contributed by atoms with E-state index in [1.807, 2.05) is 18.7 Å². The Morgan fingerprint density at radius 1 is 1.35 bits per heavy atom. The van der Waals surface area contributed by atoms with Crippen molar-refractivity contribution in [3.05, 3.63) is 10.6 Å². The van der Waals surface area contributed by atoms with Gasteiger partial charge in [0, 0.05) is 47.5 Å². The van der Waals surface area contributed by atoms with Gasteiger partial charge in [-0.05, 0) is 6.92 Å². The van der Waals surface area contributed by atoms with Crippen LogP contribution in [0.5, 0.6) is 0 Å². The van der Waals surface area contributed by atoms with Crippen molar-refractivity contribution in [2.24, 2.45) is 11.8 Å². The summed E-state index contributed by atoms with van der Waals surface area (Å²) in [6.45, 7) is 6.02. The van der Waals surface area contributed by atoms with Crippen molar-refractivity contribution in [3.63, 3.8) is 0 Å². The lowest BCUT2D eigenvalue weighted by molar-refractivity contribution is -0.147. The average molecular weight is 404 g/mol. The molecule has 3 aliphatic heterocycles. The largest absolute Gasteiger partial charge is 0.481 e. The Hall–Kier alpha value is -0.940. The molecule has 5 N–H and O–H groups in total. The molecule has 5 atom stereocenters. The van der Waals surface area contributed by atoms with Gasteiger partial charge in [-0.2, -0.15) is 0 Å². The third kappa shape index (κ3) is 3.84. The standard InChI is InChI=1S/C16H25N3O5S2/c1-7-11(10(8(2)20)14(21)22)18-12(15(23)24)13(7)26-9-5-19(6-9)16-17-3-4-25-16/h7-11,16-18,20H,3-6H2,1-2H3,(H,21,22)(H,23,24)/t7-,8-,10-,11-,16?/m1/s1. The van der Waals surface area contributed by atoms with Crippen LogP contribution in [0.1, 0.15) is 13.8 Å². The number of thioether (sulfide) groups is 2. The van der Waals surface area contributed by atoms with E-state index in [1.54, 1.807) is 0 Å². The van der Waals surface area contributed by atoms with Gasteiger partial charge in [-0.3, -0.25) is 15.0 Å². The van der Waals surface area contributed by atoms with Crippen LogP contribution in [0, 0.1) is 11.8 Å². The molecule has 0 aromatic carbocycles. The van der Waals surface area contributed by atoms with Gasteiger partial charge in [-0.25, -0.2) is 4.79 Å². The van der Waals surface area contributed by atoms with Gasteiger partial charge in [0.25, 0.3) is 0 Å². The number of carboxylic acids is 2. The zero-order chi connectivity index (χ0) is 19.0. The van der Waals surface area contributed by atoms with Crippen LogP contribution < -0.4 is 10.6 Å². The molecular formula is C16H25N3O5S2. The van der Waals surface area contributed by atoms with Crippen molar-refractivity contribution in [1.29, 1.82) is 0 Å². The summed E-state index contributed by atoms with van der Waals surface area (Å²) in [4.78, 5) is 26.2. The van der Waals surface area contributed by atoms with Gasteiger partial charge >= 0.3 is 11.9 Å². The third-order valence-electron chi connectivity index (χ3n) is 5.11. The Labute approximate surface area is 160 Å². The number of aliphatic hydroxyl groups is 1. The van der Waals surface area contributed by atoms with Crippen molar-refractivity contribution in [3.8, 4) is 0 Å². The Morgan fingerprint density at radius 3 is 2.54 bits per heavy atom. The molecule has 0 spiro atoms. The quantitative estimate of drug-likeness (QED) is 0.397. The van der Waals surface area contributed by atoms with Crippen LogP contribution in [0.4, 0.5) is 0 Å². The third-order valence-corrected chi connectivity index (χ3v) is 7.80. The van der Waals surface area contributed by atoms with E-state index >= 15 is 0 Å². The molecule has 0 saturated carbocycles. The molecule has 10 heteroatoms. The summed E-state index contributed by atoms with van der Waals surface area (Å²) in [5, 5.41) is 35.4. The molecule has 146 valence electrons. The highest BCUT2D eigenvalue weighted by Crippen LogP contribution is 2.42. The summed E-state index contributed by atoms with van der Waals surface area (Å²) in [6, 6.07) is -0.635. The van der Waals surface area contributed by atoms with E-state index < -0.39 is 30.0 Å². The lowest BCUT2D eigenvalue weighted by atomic mass is 9.87. The number of nitrogens with one attached hydrogen (secondary N) is 2. The van der Waals surface area contributed by atoms with E-state index in [1.165, 1.54) is 18.7 Å². The second kappa shape index (κ2) is 7.97. The van der Waals surface area contributed by atoms with Crippen molar-refractivity contribution in [1.82, 2.24) is 15.5 Å². The first-order valence-electron chi connectivity index (χ1n) is 8.70. The minimum Gasteiger partial charge on any atom is -0.481 e.